The Hall–Kier alpha value is -1.10. The van der Waals surface area contributed by atoms with E-state index in [-0.39, 0.29) is 23.8 Å². The molecule has 1 heterocycles. The SMILES string of the molecule is C[C@H](CCC(=O)N1CC[C@@H](CC(N)=O)C1)[C@H]1CC[C@H]2[C@@H]3CC[C@H]4C[C@@H](O)CC[C@]4(C)[C@H]3CC[C@]12C. The van der Waals surface area contributed by atoms with Crippen LogP contribution in [0.5, 0.6) is 0 Å². The molecule has 5 heteroatoms. The van der Waals surface area contributed by atoms with Gasteiger partial charge in [0.2, 0.25) is 11.8 Å². The lowest BCUT2D eigenvalue weighted by Crippen LogP contribution is -2.54. The molecule has 5 nitrogen and oxygen atoms in total. The predicted molar refractivity (Wildman–Crippen MR) is 138 cm³/mol. The number of aliphatic hydroxyl groups excluding tert-OH is 1. The van der Waals surface area contributed by atoms with Crippen LogP contribution in [0.4, 0.5) is 0 Å². The van der Waals surface area contributed by atoms with Crippen LogP contribution in [0.15, 0.2) is 0 Å². The first-order chi connectivity index (χ1) is 16.6. The van der Waals surface area contributed by atoms with Crippen molar-refractivity contribution in [2.45, 2.75) is 110 Å². The molecule has 0 aromatic heterocycles. The first-order valence-corrected chi connectivity index (χ1v) is 14.9. The van der Waals surface area contributed by atoms with Gasteiger partial charge in [0.1, 0.15) is 0 Å². The van der Waals surface area contributed by atoms with Gasteiger partial charge in [0.15, 0.2) is 0 Å². The van der Waals surface area contributed by atoms with Crippen LogP contribution < -0.4 is 5.73 Å². The minimum atomic E-state index is -0.250. The topological polar surface area (TPSA) is 83.6 Å². The standard InChI is InChI=1S/C30H50N2O3/c1-19(4-9-28(35)32-15-12-20(18-32)16-27(31)34)24-7-8-25-23-6-5-21-17-22(33)10-13-29(21,2)26(23)11-14-30(24,25)3/h19-26,33H,4-18H2,1-3H3,(H2,31,34)/t19-,20+,21+,22+,23+,24-,25+,26+,29+,30-/m1/s1. The van der Waals surface area contributed by atoms with Gasteiger partial charge in [0.25, 0.3) is 0 Å². The molecule has 0 spiro atoms. The average Bonchev–Trinajstić information content (AvgIpc) is 3.41. The number of hydrogen-bond donors (Lipinski definition) is 2. The summed E-state index contributed by atoms with van der Waals surface area (Å²) >= 11 is 0. The van der Waals surface area contributed by atoms with Gasteiger partial charge >= 0.3 is 0 Å². The van der Waals surface area contributed by atoms with Crippen molar-refractivity contribution in [1.29, 1.82) is 0 Å². The fourth-order valence-corrected chi connectivity index (χ4v) is 10.4. The summed E-state index contributed by atoms with van der Waals surface area (Å²) in [5.74, 6) is 4.91. The van der Waals surface area contributed by atoms with Crippen molar-refractivity contribution in [2.75, 3.05) is 13.1 Å². The second-order valence-electron chi connectivity index (χ2n) is 14.0. The lowest BCUT2D eigenvalue weighted by Gasteiger charge is -2.61. The quantitative estimate of drug-likeness (QED) is 0.545. The molecule has 10 atom stereocenters. The highest BCUT2D eigenvalue weighted by Crippen LogP contribution is 2.68. The normalized spacial score (nSPS) is 45.9. The molecule has 0 radical (unpaired) electrons. The van der Waals surface area contributed by atoms with Gasteiger partial charge in [-0.15, -0.1) is 0 Å². The monoisotopic (exact) mass is 486 g/mol. The van der Waals surface area contributed by atoms with E-state index in [4.69, 9.17) is 5.73 Å². The van der Waals surface area contributed by atoms with E-state index >= 15 is 0 Å². The molecular formula is C30H50N2O3. The summed E-state index contributed by atoms with van der Waals surface area (Å²) in [6.07, 6.45) is 14.3. The summed E-state index contributed by atoms with van der Waals surface area (Å²) in [6, 6.07) is 0. The molecule has 198 valence electrons. The van der Waals surface area contributed by atoms with Gasteiger partial charge in [-0.3, -0.25) is 9.59 Å². The Morgan fingerprint density at radius 3 is 2.51 bits per heavy atom. The van der Waals surface area contributed by atoms with Crippen molar-refractivity contribution < 1.29 is 14.7 Å². The van der Waals surface area contributed by atoms with E-state index < -0.39 is 0 Å². The number of likely N-dealkylation sites (tertiary alicyclic amines) is 1. The zero-order valence-corrected chi connectivity index (χ0v) is 22.5. The first-order valence-electron chi connectivity index (χ1n) is 14.9. The van der Waals surface area contributed by atoms with Gasteiger partial charge in [0, 0.05) is 25.9 Å². The second-order valence-corrected chi connectivity index (χ2v) is 14.0. The van der Waals surface area contributed by atoms with Crippen molar-refractivity contribution in [3.05, 3.63) is 0 Å². The number of hydrogen-bond acceptors (Lipinski definition) is 3. The maximum atomic E-state index is 12.9. The zero-order valence-electron chi connectivity index (χ0n) is 22.5. The zero-order chi connectivity index (χ0) is 25.0. The van der Waals surface area contributed by atoms with Crippen LogP contribution in [-0.2, 0) is 9.59 Å². The molecule has 1 aliphatic heterocycles. The number of nitrogens with zero attached hydrogens (tertiary/aromatic N) is 1. The van der Waals surface area contributed by atoms with E-state index in [1.54, 1.807) is 0 Å². The fourth-order valence-electron chi connectivity index (χ4n) is 10.4. The van der Waals surface area contributed by atoms with Crippen molar-refractivity contribution in [2.24, 2.45) is 58.0 Å². The van der Waals surface area contributed by atoms with Crippen LogP contribution in [0.1, 0.15) is 104 Å². The number of nitrogens with two attached hydrogens (primary N) is 1. The second kappa shape index (κ2) is 9.65. The summed E-state index contributed by atoms with van der Waals surface area (Å²) in [6.45, 7) is 9.10. The summed E-state index contributed by atoms with van der Waals surface area (Å²) < 4.78 is 0. The summed E-state index contributed by atoms with van der Waals surface area (Å²) in [7, 11) is 0. The van der Waals surface area contributed by atoms with Gasteiger partial charge in [-0.2, -0.15) is 0 Å². The van der Waals surface area contributed by atoms with Gasteiger partial charge in [-0.05, 0) is 123 Å². The molecule has 0 unspecified atom stereocenters. The van der Waals surface area contributed by atoms with Crippen LogP contribution in [0.2, 0.25) is 0 Å². The van der Waals surface area contributed by atoms with Crippen molar-refractivity contribution in [1.82, 2.24) is 4.90 Å². The maximum Gasteiger partial charge on any atom is 0.222 e. The molecule has 1 saturated heterocycles. The van der Waals surface area contributed by atoms with E-state index in [9.17, 15) is 14.7 Å². The summed E-state index contributed by atoms with van der Waals surface area (Å²) in [4.78, 5) is 26.1. The molecule has 3 N–H and O–H groups in total. The van der Waals surface area contributed by atoms with Crippen molar-refractivity contribution in [3.63, 3.8) is 0 Å². The summed E-state index contributed by atoms with van der Waals surface area (Å²) in [5, 5.41) is 10.3. The molecule has 5 aliphatic rings. The average molecular weight is 487 g/mol. The summed E-state index contributed by atoms with van der Waals surface area (Å²) in [5.41, 5.74) is 6.24. The number of amides is 2. The van der Waals surface area contributed by atoms with Gasteiger partial charge in [-0.25, -0.2) is 0 Å². The van der Waals surface area contributed by atoms with E-state index in [0.29, 0.717) is 36.1 Å². The Labute approximate surface area is 213 Å². The van der Waals surface area contributed by atoms with Gasteiger partial charge < -0.3 is 15.7 Å². The molecule has 4 saturated carbocycles. The first kappa shape index (κ1) is 25.5. The Kier molecular flexibility index (Phi) is 7.04. The Morgan fingerprint density at radius 1 is 1.00 bits per heavy atom. The van der Waals surface area contributed by atoms with Crippen molar-refractivity contribution in [3.8, 4) is 0 Å². The largest absolute Gasteiger partial charge is 0.393 e. The molecule has 0 bridgehead atoms. The van der Waals surface area contributed by atoms with Crippen LogP contribution in [0.25, 0.3) is 0 Å². The highest BCUT2D eigenvalue weighted by atomic mass is 16.3. The fraction of sp³-hybridized carbons (Fsp3) is 0.933. The van der Waals surface area contributed by atoms with Gasteiger partial charge in [-0.1, -0.05) is 20.8 Å². The number of carbonyl (C=O) groups is 2. The Morgan fingerprint density at radius 2 is 1.74 bits per heavy atom. The molecule has 5 fully saturated rings. The number of aliphatic hydroxyl groups is 1. The molecular weight excluding hydrogens is 436 g/mol. The third-order valence-corrected chi connectivity index (χ3v) is 12.3. The molecule has 0 aromatic carbocycles. The minimum absolute atomic E-state index is 0.0625. The number of fused-ring (bicyclic) bond motifs is 5. The lowest BCUT2D eigenvalue weighted by molar-refractivity contribution is -0.132. The highest BCUT2D eigenvalue weighted by molar-refractivity contribution is 5.77. The van der Waals surface area contributed by atoms with E-state index in [2.05, 4.69) is 20.8 Å². The van der Waals surface area contributed by atoms with Crippen LogP contribution in [-0.4, -0.2) is 41.0 Å². The Bertz CT molecular complexity index is 815. The van der Waals surface area contributed by atoms with E-state index in [1.807, 2.05) is 4.90 Å². The van der Waals surface area contributed by atoms with Crippen LogP contribution in [0.3, 0.4) is 0 Å². The lowest BCUT2D eigenvalue weighted by atomic mass is 9.44. The maximum absolute atomic E-state index is 12.9. The molecule has 35 heavy (non-hydrogen) atoms. The number of rotatable bonds is 6. The smallest absolute Gasteiger partial charge is 0.222 e. The number of primary amides is 1. The van der Waals surface area contributed by atoms with E-state index in [1.165, 1.54) is 44.9 Å². The third-order valence-electron chi connectivity index (χ3n) is 12.3. The van der Waals surface area contributed by atoms with Gasteiger partial charge in [0.05, 0.1) is 6.10 Å². The van der Waals surface area contributed by atoms with Crippen LogP contribution in [0, 0.1) is 52.3 Å². The molecule has 2 amide bonds. The predicted octanol–water partition coefficient (Wildman–Crippen LogP) is 5.15. The van der Waals surface area contributed by atoms with Crippen molar-refractivity contribution >= 4 is 11.8 Å². The molecule has 0 aromatic rings. The van der Waals surface area contributed by atoms with E-state index in [0.717, 1.165) is 61.8 Å². The van der Waals surface area contributed by atoms with Crippen LogP contribution >= 0.6 is 0 Å². The minimum Gasteiger partial charge on any atom is -0.393 e. The third kappa shape index (κ3) is 4.57. The molecule has 4 aliphatic carbocycles. The highest BCUT2D eigenvalue weighted by Gasteiger charge is 2.60. The Balaban J connectivity index is 1.18. The number of carbonyl (C=O) groups excluding carboxylic acids is 2. The molecule has 5 rings (SSSR count).